The van der Waals surface area contributed by atoms with Gasteiger partial charge in [-0.1, -0.05) is 0 Å². The summed E-state index contributed by atoms with van der Waals surface area (Å²) >= 11 is 0. The number of phenols is 2. The van der Waals surface area contributed by atoms with Gasteiger partial charge in [0.1, 0.15) is 16.7 Å². The molecular weight excluding hydrogens is 402 g/mol. The van der Waals surface area contributed by atoms with Gasteiger partial charge in [0.25, 0.3) is 10.1 Å². The molecule has 0 aliphatic carbocycles. The summed E-state index contributed by atoms with van der Waals surface area (Å²) in [5.74, 6) is -1.15. The number of fused-ring (bicyclic) bond motifs is 1. The number of methoxy groups -OCH3 is 1. The van der Waals surface area contributed by atoms with E-state index >= 15 is 0 Å². The summed E-state index contributed by atoms with van der Waals surface area (Å²) in [7, 11) is -2.72. The van der Waals surface area contributed by atoms with Crippen LogP contribution in [0.25, 0.3) is 22.3 Å². The topological polar surface area (TPSA) is 146 Å². The van der Waals surface area contributed by atoms with E-state index in [1.807, 2.05) is 0 Å². The highest BCUT2D eigenvalue weighted by Gasteiger charge is 2.18. The molecule has 0 atom stereocenters. The molecule has 0 bridgehead atoms. The number of rotatable bonds is 7. The smallest absolute Gasteiger partial charge is 0.264 e. The van der Waals surface area contributed by atoms with E-state index < -0.39 is 21.3 Å². The van der Waals surface area contributed by atoms with Gasteiger partial charge in [0, 0.05) is 29.9 Å². The van der Waals surface area contributed by atoms with Gasteiger partial charge in [0.05, 0.1) is 12.9 Å². The Hall–Kier alpha value is -3.24. The predicted octanol–water partition coefficient (Wildman–Crippen LogP) is 2.57. The number of hydrogen-bond acceptors (Lipinski definition) is 8. The maximum absolute atomic E-state index is 12.5. The molecule has 1 aromatic heterocycles. The van der Waals surface area contributed by atoms with E-state index in [2.05, 4.69) is 5.32 Å². The quantitative estimate of drug-likeness (QED) is 0.334. The van der Waals surface area contributed by atoms with Gasteiger partial charge in [-0.25, -0.2) is 0 Å². The van der Waals surface area contributed by atoms with Crippen LogP contribution in [-0.2, 0) is 10.1 Å². The van der Waals surface area contributed by atoms with E-state index in [1.165, 1.54) is 19.2 Å². The molecule has 4 N–H and O–H groups in total. The van der Waals surface area contributed by atoms with Crippen molar-refractivity contribution in [1.29, 1.82) is 0 Å². The molecular formula is C19H19NO8S. The number of anilines is 1. The fourth-order valence-corrected chi connectivity index (χ4v) is 3.36. The van der Waals surface area contributed by atoms with Gasteiger partial charge in [-0.05, 0) is 30.7 Å². The first-order valence-electron chi connectivity index (χ1n) is 8.56. The third-order valence-electron chi connectivity index (χ3n) is 4.21. The number of hydrogen-bond donors (Lipinski definition) is 4. The zero-order chi connectivity index (χ0) is 21.2. The summed E-state index contributed by atoms with van der Waals surface area (Å²) in [4.78, 5) is 12.5. The first kappa shape index (κ1) is 20.5. The van der Waals surface area contributed by atoms with Crippen LogP contribution in [0.5, 0.6) is 17.2 Å². The third-order valence-corrected chi connectivity index (χ3v) is 5.01. The molecule has 0 saturated carbocycles. The molecule has 3 rings (SSSR count). The first-order valence-corrected chi connectivity index (χ1v) is 10.2. The minimum absolute atomic E-state index is 0.00992. The molecule has 0 unspecified atom stereocenters. The maximum atomic E-state index is 12.5. The minimum atomic E-state index is -3.98. The molecule has 0 aliphatic heterocycles. The Morgan fingerprint density at radius 1 is 1.14 bits per heavy atom. The summed E-state index contributed by atoms with van der Waals surface area (Å²) in [5, 5.41) is 23.0. The summed E-state index contributed by atoms with van der Waals surface area (Å²) in [6.45, 7) is 0.352. The average Bonchev–Trinajstić information content (AvgIpc) is 2.64. The second kappa shape index (κ2) is 8.02. The lowest BCUT2D eigenvalue weighted by Crippen LogP contribution is -2.10. The molecule has 9 nitrogen and oxygen atoms in total. The second-order valence-electron chi connectivity index (χ2n) is 6.27. The number of benzene rings is 2. The Morgan fingerprint density at radius 3 is 2.45 bits per heavy atom. The van der Waals surface area contributed by atoms with Crippen LogP contribution in [0.1, 0.15) is 6.42 Å². The molecule has 10 heteroatoms. The van der Waals surface area contributed by atoms with E-state index in [1.54, 1.807) is 24.3 Å². The van der Waals surface area contributed by atoms with Crippen LogP contribution in [0, 0.1) is 0 Å². The molecule has 0 aliphatic rings. The van der Waals surface area contributed by atoms with Crippen molar-refractivity contribution in [3.8, 4) is 28.6 Å². The lowest BCUT2D eigenvalue weighted by atomic mass is 10.1. The van der Waals surface area contributed by atoms with E-state index in [4.69, 9.17) is 13.7 Å². The monoisotopic (exact) mass is 421 g/mol. The highest BCUT2D eigenvalue weighted by atomic mass is 32.2. The Bertz CT molecular complexity index is 1200. The lowest BCUT2D eigenvalue weighted by molar-refractivity contribution is 0.346. The van der Waals surface area contributed by atoms with Crippen molar-refractivity contribution in [3.05, 3.63) is 46.6 Å². The molecule has 0 saturated heterocycles. The molecule has 154 valence electrons. The van der Waals surface area contributed by atoms with E-state index in [0.29, 0.717) is 17.8 Å². The van der Waals surface area contributed by atoms with Crippen LogP contribution in [0.15, 0.2) is 45.6 Å². The van der Waals surface area contributed by atoms with Gasteiger partial charge < -0.3 is 24.7 Å². The molecule has 2 aromatic carbocycles. The van der Waals surface area contributed by atoms with Crippen LogP contribution in [0.3, 0.4) is 0 Å². The highest BCUT2D eigenvalue weighted by Crippen LogP contribution is 2.41. The fraction of sp³-hybridized carbons (Fsp3) is 0.211. The van der Waals surface area contributed by atoms with E-state index in [0.717, 1.165) is 0 Å². The summed E-state index contributed by atoms with van der Waals surface area (Å²) < 4.78 is 40.7. The zero-order valence-corrected chi connectivity index (χ0v) is 16.2. The van der Waals surface area contributed by atoms with Crippen molar-refractivity contribution in [1.82, 2.24) is 0 Å². The standard InChI is InChI=1S/C19H19NO8S/c1-27-19-14(22)10-16-17(18(19)23)13(21)9-15(28-16)11-3-5-12(6-4-11)20-7-2-8-29(24,25)26/h3-6,9-10,20,22-23H,2,7-8H2,1H3,(H,24,25,26). The van der Waals surface area contributed by atoms with E-state index in [-0.39, 0.29) is 40.4 Å². The average molecular weight is 421 g/mol. The van der Waals surface area contributed by atoms with Crippen molar-refractivity contribution >= 4 is 26.8 Å². The van der Waals surface area contributed by atoms with Crippen molar-refractivity contribution < 1.29 is 32.3 Å². The number of nitrogens with one attached hydrogen (secondary N) is 1. The van der Waals surface area contributed by atoms with Gasteiger partial charge in [0.15, 0.2) is 16.9 Å². The Labute approximate surface area is 165 Å². The lowest BCUT2D eigenvalue weighted by Gasteiger charge is -2.10. The zero-order valence-electron chi connectivity index (χ0n) is 15.4. The van der Waals surface area contributed by atoms with Crippen LogP contribution in [0.4, 0.5) is 5.69 Å². The summed E-state index contributed by atoms with van der Waals surface area (Å²) in [6.07, 6.45) is 0.247. The first-order chi connectivity index (χ1) is 13.7. The molecule has 0 amide bonds. The van der Waals surface area contributed by atoms with Gasteiger partial charge in [-0.3, -0.25) is 9.35 Å². The molecule has 3 aromatic rings. The van der Waals surface area contributed by atoms with Gasteiger partial charge in [0.2, 0.25) is 5.75 Å². The number of aromatic hydroxyl groups is 2. The molecule has 0 spiro atoms. The van der Waals surface area contributed by atoms with Crippen LogP contribution in [-0.4, -0.2) is 42.6 Å². The van der Waals surface area contributed by atoms with Crippen molar-refractivity contribution in [2.45, 2.75) is 6.42 Å². The SMILES string of the molecule is COc1c(O)cc2oc(-c3ccc(NCCCS(=O)(=O)O)cc3)cc(=O)c2c1O. The largest absolute Gasteiger partial charge is 0.504 e. The van der Waals surface area contributed by atoms with Crippen molar-refractivity contribution in [3.63, 3.8) is 0 Å². The van der Waals surface area contributed by atoms with Gasteiger partial charge in [-0.2, -0.15) is 8.42 Å². The highest BCUT2D eigenvalue weighted by molar-refractivity contribution is 7.85. The predicted molar refractivity (Wildman–Crippen MR) is 107 cm³/mol. The third kappa shape index (κ3) is 4.61. The van der Waals surface area contributed by atoms with Crippen LogP contribution in [0.2, 0.25) is 0 Å². The minimum Gasteiger partial charge on any atom is -0.504 e. The molecule has 0 fully saturated rings. The van der Waals surface area contributed by atoms with Crippen molar-refractivity contribution in [2.24, 2.45) is 0 Å². The normalized spacial score (nSPS) is 11.5. The Kier molecular flexibility index (Phi) is 5.66. The van der Waals surface area contributed by atoms with Crippen molar-refractivity contribution in [2.75, 3.05) is 24.7 Å². The molecule has 0 radical (unpaired) electrons. The Balaban J connectivity index is 1.84. The Morgan fingerprint density at radius 2 is 1.83 bits per heavy atom. The molecule has 1 heterocycles. The van der Waals surface area contributed by atoms with Crippen LogP contribution >= 0.6 is 0 Å². The molecule has 29 heavy (non-hydrogen) atoms. The maximum Gasteiger partial charge on any atom is 0.264 e. The van der Waals surface area contributed by atoms with E-state index in [9.17, 15) is 23.4 Å². The van der Waals surface area contributed by atoms with Gasteiger partial charge in [-0.15, -0.1) is 0 Å². The van der Waals surface area contributed by atoms with Crippen LogP contribution < -0.4 is 15.5 Å². The second-order valence-corrected chi connectivity index (χ2v) is 7.84. The summed E-state index contributed by atoms with van der Waals surface area (Å²) in [5.41, 5.74) is 0.815. The number of ether oxygens (including phenoxy) is 1. The number of phenolic OH excluding ortho intramolecular Hbond substituents is 2. The van der Waals surface area contributed by atoms with Gasteiger partial charge >= 0.3 is 0 Å². The summed E-state index contributed by atoms with van der Waals surface area (Å²) in [6, 6.07) is 9.25. The fourth-order valence-electron chi connectivity index (χ4n) is 2.85.